The Bertz CT molecular complexity index is 722. The molecule has 5 heteroatoms. The summed E-state index contributed by atoms with van der Waals surface area (Å²) < 4.78 is 16.0. The van der Waals surface area contributed by atoms with Crippen LogP contribution in [0.5, 0.6) is 11.5 Å². The van der Waals surface area contributed by atoms with E-state index in [9.17, 15) is 9.59 Å². The highest BCUT2D eigenvalue weighted by Crippen LogP contribution is 2.21. The molecule has 0 aliphatic carbocycles. The average Bonchev–Trinajstić information content (AvgIpc) is 2.70. The van der Waals surface area contributed by atoms with Crippen LogP contribution in [0.2, 0.25) is 0 Å². The van der Waals surface area contributed by atoms with Crippen molar-refractivity contribution in [2.24, 2.45) is 5.92 Å². The summed E-state index contributed by atoms with van der Waals surface area (Å²) >= 11 is 0. The van der Waals surface area contributed by atoms with E-state index in [4.69, 9.17) is 14.2 Å². The fourth-order valence-electron chi connectivity index (χ4n) is 2.47. The molecule has 2 aromatic rings. The van der Waals surface area contributed by atoms with Crippen LogP contribution in [-0.2, 0) is 25.7 Å². The zero-order valence-electron chi connectivity index (χ0n) is 16.6. The molecule has 0 aliphatic heterocycles. The van der Waals surface area contributed by atoms with E-state index in [1.165, 1.54) is 0 Å². The quantitative estimate of drug-likeness (QED) is 0.389. The molecule has 0 saturated carbocycles. The van der Waals surface area contributed by atoms with Crippen LogP contribution in [0.15, 0.2) is 54.6 Å². The Hall–Kier alpha value is -2.82. The minimum Gasteiger partial charge on any atom is -0.466 e. The minimum atomic E-state index is -0.413. The van der Waals surface area contributed by atoms with Gasteiger partial charge in [0.1, 0.15) is 18.1 Å². The molecule has 2 rings (SSSR count). The molecule has 0 radical (unpaired) electrons. The van der Waals surface area contributed by atoms with Gasteiger partial charge in [-0.05, 0) is 48.6 Å². The molecular formula is C23H28O5. The van der Waals surface area contributed by atoms with Crippen molar-refractivity contribution in [1.82, 2.24) is 0 Å². The van der Waals surface area contributed by atoms with Crippen molar-refractivity contribution in [2.75, 3.05) is 6.61 Å². The SMILES string of the molecule is CC(C)CCCOC(=O)CCC(=O)OCc1ccc(Oc2ccccc2)cc1. The number of hydrogen-bond donors (Lipinski definition) is 0. The molecule has 0 atom stereocenters. The van der Waals surface area contributed by atoms with E-state index < -0.39 is 5.97 Å². The lowest BCUT2D eigenvalue weighted by atomic mass is 10.1. The second kappa shape index (κ2) is 11.8. The Labute approximate surface area is 166 Å². The lowest BCUT2D eigenvalue weighted by Gasteiger charge is -2.08. The van der Waals surface area contributed by atoms with Gasteiger partial charge in [-0.3, -0.25) is 9.59 Å². The van der Waals surface area contributed by atoms with Gasteiger partial charge in [0.2, 0.25) is 0 Å². The van der Waals surface area contributed by atoms with Gasteiger partial charge in [-0.15, -0.1) is 0 Å². The lowest BCUT2D eigenvalue weighted by molar-refractivity contribution is -0.151. The van der Waals surface area contributed by atoms with Crippen LogP contribution >= 0.6 is 0 Å². The first kappa shape index (κ1) is 21.5. The normalized spacial score (nSPS) is 10.5. The van der Waals surface area contributed by atoms with Crippen LogP contribution in [0.4, 0.5) is 0 Å². The standard InChI is InChI=1S/C23H28O5/c1-18(2)7-6-16-26-22(24)14-15-23(25)27-17-19-10-12-21(13-11-19)28-20-8-4-3-5-9-20/h3-5,8-13,18H,6-7,14-17H2,1-2H3. The van der Waals surface area contributed by atoms with Crippen molar-refractivity contribution < 1.29 is 23.8 Å². The first-order valence-electron chi connectivity index (χ1n) is 9.66. The predicted octanol–water partition coefficient (Wildman–Crippen LogP) is 5.28. The van der Waals surface area contributed by atoms with Gasteiger partial charge in [0.15, 0.2) is 0 Å². The van der Waals surface area contributed by atoms with Crippen molar-refractivity contribution in [2.45, 2.75) is 46.1 Å². The highest BCUT2D eigenvalue weighted by atomic mass is 16.5. The lowest BCUT2D eigenvalue weighted by Crippen LogP contribution is -2.11. The molecule has 28 heavy (non-hydrogen) atoms. The molecule has 0 amide bonds. The van der Waals surface area contributed by atoms with E-state index >= 15 is 0 Å². The maximum atomic E-state index is 11.8. The number of hydrogen-bond acceptors (Lipinski definition) is 5. The Morgan fingerprint density at radius 1 is 0.821 bits per heavy atom. The van der Waals surface area contributed by atoms with Crippen molar-refractivity contribution in [3.8, 4) is 11.5 Å². The van der Waals surface area contributed by atoms with Crippen molar-refractivity contribution >= 4 is 11.9 Å². The highest BCUT2D eigenvalue weighted by Gasteiger charge is 2.10. The number of esters is 2. The summed E-state index contributed by atoms with van der Waals surface area (Å²) in [4.78, 5) is 23.4. The van der Waals surface area contributed by atoms with Gasteiger partial charge in [0.25, 0.3) is 0 Å². The summed E-state index contributed by atoms with van der Waals surface area (Å²) in [6, 6.07) is 16.8. The molecule has 150 valence electrons. The number of carbonyl (C=O) groups excluding carboxylic acids is 2. The number of carbonyl (C=O) groups is 2. The van der Waals surface area contributed by atoms with E-state index in [1.54, 1.807) is 0 Å². The van der Waals surface area contributed by atoms with E-state index in [1.807, 2.05) is 54.6 Å². The van der Waals surface area contributed by atoms with Gasteiger partial charge in [0, 0.05) is 0 Å². The van der Waals surface area contributed by atoms with Gasteiger partial charge in [-0.25, -0.2) is 0 Å². The van der Waals surface area contributed by atoms with Crippen LogP contribution in [0.1, 0.15) is 45.1 Å². The summed E-state index contributed by atoms with van der Waals surface area (Å²) in [5.74, 6) is 1.29. The van der Waals surface area contributed by atoms with Gasteiger partial charge >= 0.3 is 11.9 Å². The van der Waals surface area contributed by atoms with Crippen LogP contribution < -0.4 is 4.74 Å². The minimum absolute atomic E-state index is 0.0260. The van der Waals surface area contributed by atoms with E-state index in [-0.39, 0.29) is 25.4 Å². The maximum absolute atomic E-state index is 11.8. The number of ether oxygens (including phenoxy) is 3. The summed E-state index contributed by atoms with van der Waals surface area (Å²) in [5.41, 5.74) is 0.852. The maximum Gasteiger partial charge on any atom is 0.306 e. The van der Waals surface area contributed by atoms with Crippen molar-refractivity contribution in [3.05, 3.63) is 60.2 Å². The molecular weight excluding hydrogens is 356 g/mol. The zero-order valence-corrected chi connectivity index (χ0v) is 16.6. The molecule has 0 unspecified atom stereocenters. The van der Waals surface area contributed by atoms with Crippen LogP contribution in [0.3, 0.4) is 0 Å². The van der Waals surface area contributed by atoms with Crippen LogP contribution in [-0.4, -0.2) is 18.5 Å². The molecule has 0 aromatic heterocycles. The molecule has 0 fully saturated rings. The molecule has 0 saturated heterocycles. The van der Waals surface area contributed by atoms with E-state index in [0.29, 0.717) is 18.3 Å². The van der Waals surface area contributed by atoms with E-state index in [0.717, 1.165) is 24.2 Å². The van der Waals surface area contributed by atoms with Gasteiger partial charge in [0.05, 0.1) is 19.4 Å². The molecule has 0 heterocycles. The predicted molar refractivity (Wildman–Crippen MR) is 107 cm³/mol. The third-order valence-electron chi connectivity index (χ3n) is 4.02. The Morgan fingerprint density at radius 3 is 2.07 bits per heavy atom. The first-order chi connectivity index (χ1) is 13.5. The van der Waals surface area contributed by atoms with Crippen LogP contribution in [0.25, 0.3) is 0 Å². The molecule has 0 N–H and O–H groups in total. The molecule has 2 aromatic carbocycles. The monoisotopic (exact) mass is 384 g/mol. The molecule has 5 nitrogen and oxygen atoms in total. The summed E-state index contributed by atoms with van der Waals surface area (Å²) in [5, 5.41) is 0. The second-order valence-corrected chi connectivity index (χ2v) is 6.98. The Kier molecular flexibility index (Phi) is 9.05. The van der Waals surface area contributed by atoms with Gasteiger partial charge in [-0.2, -0.15) is 0 Å². The molecule has 0 aliphatic rings. The molecule has 0 spiro atoms. The number of rotatable bonds is 11. The Balaban J connectivity index is 1.63. The number of para-hydroxylation sites is 1. The Morgan fingerprint density at radius 2 is 1.43 bits per heavy atom. The highest BCUT2D eigenvalue weighted by molar-refractivity contribution is 5.77. The summed E-state index contributed by atoms with van der Waals surface area (Å²) in [6.45, 7) is 4.82. The fraction of sp³-hybridized carbons (Fsp3) is 0.391. The first-order valence-corrected chi connectivity index (χ1v) is 9.66. The number of benzene rings is 2. The van der Waals surface area contributed by atoms with Gasteiger partial charge < -0.3 is 14.2 Å². The fourth-order valence-corrected chi connectivity index (χ4v) is 2.47. The zero-order chi connectivity index (χ0) is 20.2. The van der Waals surface area contributed by atoms with Crippen LogP contribution in [0, 0.1) is 5.92 Å². The smallest absolute Gasteiger partial charge is 0.306 e. The topological polar surface area (TPSA) is 61.8 Å². The molecule has 0 bridgehead atoms. The van der Waals surface area contributed by atoms with Crippen molar-refractivity contribution in [3.63, 3.8) is 0 Å². The van der Waals surface area contributed by atoms with Gasteiger partial charge in [-0.1, -0.05) is 44.2 Å². The average molecular weight is 384 g/mol. The third kappa shape index (κ3) is 8.71. The summed E-state index contributed by atoms with van der Waals surface area (Å²) in [6.07, 6.45) is 1.94. The summed E-state index contributed by atoms with van der Waals surface area (Å²) in [7, 11) is 0. The second-order valence-electron chi connectivity index (χ2n) is 6.98. The van der Waals surface area contributed by atoms with Crippen molar-refractivity contribution in [1.29, 1.82) is 0 Å². The van der Waals surface area contributed by atoms with E-state index in [2.05, 4.69) is 13.8 Å². The largest absolute Gasteiger partial charge is 0.466 e. The third-order valence-corrected chi connectivity index (χ3v) is 4.02.